The number of benzene rings is 2. The lowest BCUT2D eigenvalue weighted by atomic mass is 9.92. The third-order valence-electron chi connectivity index (χ3n) is 10.1. The van der Waals surface area contributed by atoms with Crippen molar-refractivity contribution in [1.82, 2.24) is 29.4 Å². The largest absolute Gasteiger partial charge is 0.475 e. The number of fused-ring (bicyclic) bond motifs is 6. The summed E-state index contributed by atoms with van der Waals surface area (Å²) in [4.78, 5) is 35.9. The molecule has 7 rings (SSSR count). The van der Waals surface area contributed by atoms with Crippen LogP contribution in [0.15, 0.2) is 65.7 Å². The van der Waals surface area contributed by atoms with Crippen molar-refractivity contribution in [3.8, 4) is 17.1 Å². The number of aryl methyl sites for hydroxylation is 3. The van der Waals surface area contributed by atoms with E-state index in [1.165, 1.54) is 12.1 Å². The summed E-state index contributed by atoms with van der Waals surface area (Å²) in [7, 11) is -2.23. The van der Waals surface area contributed by atoms with Crippen LogP contribution in [0.4, 0.5) is 5.95 Å². The highest BCUT2D eigenvalue weighted by Crippen LogP contribution is 2.38. The van der Waals surface area contributed by atoms with Crippen LogP contribution >= 0.6 is 0 Å². The number of ether oxygens (including phenoxy) is 2. The molecule has 2 aromatic carbocycles. The van der Waals surface area contributed by atoms with E-state index in [0.29, 0.717) is 24.2 Å². The lowest BCUT2D eigenvalue weighted by Gasteiger charge is -2.39. The van der Waals surface area contributed by atoms with E-state index in [1.54, 1.807) is 29.3 Å². The molecule has 5 aromatic rings. The SMILES string of the molecule is Cc1cccc(C)c1-c1cc2nc(n1)NS(=O)(=O)c1cccc(c1)C(=O)N1[C@H](c3cnc4cc(C(C)(C)C)n(C)c4n3)CCC[C@H](OC(C)C)[C@@H]1CO2. The van der Waals surface area contributed by atoms with E-state index in [4.69, 9.17) is 19.4 Å². The fourth-order valence-corrected chi connectivity index (χ4v) is 8.68. The quantitative estimate of drug-likeness (QED) is 0.205. The Morgan fingerprint density at radius 1 is 0.981 bits per heavy atom. The Morgan fingerprint density at radius 2 is 1.72 bits per heavy atom. The number of carbonyl (C=O) groups is 1. The van der Waals surface area contributed by atoms with Crippen molar-refractivity contribution in [2.24, 2.45) is 7.05 Å². The van der Waals surface area contributed by atoms with Gasteiger partial charge in [0.1, 0.15) is 12.1 Å². The zero-order valence-electron chi connectivity index (χ0n) is 31.5. The molecule has 3 atom stereocenters. The topological polar surface area (TPSA) is 141 Å². The molecule has 53 heavy (non-hydrogen) atoms. The fraction of sp³-hybridized carbons (Fsp3) is 0.425. The first-order valence-electron chi connectivity index (χ1n) is 18.1. The third kappa shape index (κ3) is 7.11. The van der Waals surface area contributed by atoms with E-state index in [2.05, 4.69) is 46.1 Å². The Kier molecular flexibility index (Phi) is 9.52. The van der Waals surface area contributed by atoms with Gasteiger partial charge in [0.2, 0.25) is 11.8 Å². The van der Waals surface area contributed by atoms with Crippen LogP contribution in [-0.2, 0) is 27.2 Å². The van der Waals surface area contributed by atoms with Crippen LogP contribution in [-0.4, -0.2) is 68.6 Å². The minimum absolute atomic E-state index is 0.0166. The molecular formula is C40H47N7O5S. The molecule has 2 aliphatic heterocycles. The van der Waals surface area contributed by atoms with Crippen LogP contribution in [0.2, 0.25) is 0 Å². The first-order chi connectivity index (χ1) is 25.1. The minimum Gasteiger partial charge on any atom is -0.475 e. The number of hydrogen-bond donors (Lipinski definition) is 1. The zero-order valence-corrected chi connectivity index (χ0v) is 32.4. The highest BCUT2D eigenvalue weighted by Gasteiger charge is 2.42. The number of hydrogen-bond acceptors (Lipinski definition) is 9. The van der Waals surface area contributed by atoms with Gasteiger partial charge in [-0.2, -0.15) is 4.98 Å². The Hall–Kier alpha value is -4.88. The first kappa shape index (κ1) is 36.5. The van der Waals surface area contributed by atoms with Gasteiger partial charge < -0.3 is 18.9 Å². The van der Waals surface area contributed by atoms with Crippen molar-refractivity contribution in [3.63, 3.8) is 0 Å². The molecule has 4 bridgehead atoms. The number of sulfonamides is 1. The van der Waals surface area contributed by atoms with Gasteiger partial charge in [-0.25, -0.2) is 23.1 Å². The van der Waals surface area contributed by atoms with E-state index in [-0.39, 0.29) is 46.3 Å². The molecule has 0 spiro atoms. The highest BCUT2D eigenvalue weighted by atomic mass is 32.2. The Bertz CT molecular complexity index is 2290. The van der Waals surface area contributed by atoms with E-state index in [0.717, 1.165) is 40.0 Å². The monoisotopic (exact) mass is 737 g/mol. The summed E-state index contributed by atoms with van der Waals surface area (Å²) in [6.45, 7) is 14.4. The summed E-state index contributed by atoms with van der Waals surface area (Å²) in [5.41, 5.74) is 6.60. The maximum atomic E-state index is 15.0. The number of carbonyl (C=O) groups excluding carboxylic acids is 1. The normalized spacial score (nSPS) is 20.4. The number of nitrogens with one attached hydrogen (secondary N) is 1. The third-order valence-corrected chi connectivity index (χ3v) is 11.4. The van der Waals surface area contributed by atoms with Gasteiger partial charge in [-0.05, 0) is 82.3 Å². The second kappa shape index (κ2) is 13.8. The molecule has 0 unspecified atom stereocenters. The van der Waals surface area contributed by atoms with Gasteiger partial charge in [-0.3, -0.25) is 9.78 Å². The van der Waals surface area contributed by atoms with E-state index < -0.39 is 28.2 Å². The first-order valence-corrected chi connectivity index (χ1v) is 19.6. The fourth-order valence-electron chi connectivity index (χ4n) is 7.69. The van der Waals surface area contributed by atoms with Crippen molar-refractivity contribution in [3.05, 3.63) is 88.9 Å². The van der Waals surface area contributed by atoms with Gasteiger partial charge in [-0.1, -0.05) is 45.0 Å². The Morgan fingerprint density at radius 3 is 2.43 bits per heavy atom. The Balaban J connectivity index is 1.42. The maximum Gasteiger partial charge on any atom is 0.264 e. The summed E-state index contributed by atoms with van der Waals surface area (Å²) in [5, 5.41) is 0. The molecule has 278 valence electrons. The molecule has 0 aliphatic carbocycles. The van der Waals surface area contributed by atoms with Crippen molar-refractivity contribution in [2.45, 2.75) is 102 Å². The van der Waals surface area contributed by atoms with E-state index in [9.17, 15) is 8.42 Å². The van der Waals surface area contributed by atoms with Gasteiger partial charge >= 0.3 is 0 Å². The summed E-state index contributed by atoms with van der Waals surface area (Å²) in [6, 6.07) is 14.6. The smallest absolute Gasteiger partial charge is 0.264 e. The molecule has 13 heteroatoms. The van der Waals surface area contributed by atoms with Crippen LogP contribution in [0.25, 0.3) is 22.4 Å². The summed E-state index contributed by atoms with van der Waals surface area (Å²) in [6.07, 6.45) is 3.22. The summed E-state index contributed by atoms with van der Waals surface area (Å²) in [5.74, 6) is -0.336. The molecule has 0 saturated carbocycles. The number of amides is 1. The minimum atomic E-state index is -4.22. The second-order valence-corrected chi connectivity index (χ2v) is 17.1. The van der Waals surface area contributed by atoms with Gasteiger partial charge in [0.25, 0.3) is 15.9 Å². The molecule has 1 N–H and O–H groups in total. The molecular weight excluding hydrogens is 691 g/mol. The predicted molar refractivity (Wildman–Crippen MR) is 203 cm³/mol. The molecule has 3 aromatic heterocycles. The molecule has 1 amide bonds. The number of aromatic nitrogens is 5. The highest BCUT2D eigenvalue weighted by molar-refractivity contribution is 7.92. The molecule has 0 radical (unpaired) electrons. The molecule has 5 heterocycles. The van der Waals surface area contributed by atoms with E-state index in [1.807, 2.05) is 52.9 Å². The van der Waals surface area contributed by atoms with Crippen LogP contribution in [0.3, 0.4) is 0 Å². The van der Waals surface area contributed by atoms with Gasteiger partial charge in [0, 0.05) is 35.3 Å². The van der Waals surface area contributed by atoms with Crippen molar-refractivity contribution < 1.29 is 22.7 Å². The standard InChI is InChI=1S/C40H47N7O5S/c1-23(2)52-33-17-11-16-31(30-21-41-29-19-34(40(5,6)7)46(8)37(29)42-30)47-32(33)22-51-35-20-28(36-24(3)12-9-13-25(36)4)43-39(44-35)45-53(49,50)27-15-10-14-26(18-27)38(47)48/h9-10,12-15,18-21,23,31-33H,11,16-17,22H2,1-8H3,(H,43,44,45)/t31-,32-,33-/m0/s1. The molecule has 12 nitrogen and oxygen atoms in total. The molecule has 1 saturated heterocycles. The van der Waals surface area contributed by atoms with Crippen molar-refractivity contribution >= 4 is 33.0 Å². The Labute approximate surface area is 311 Å². The number of rotatable bonds is 4. The predicted octanol–water partition coefficient (Wildman–Crippen LogP) is 7.06. The van der Waals surface area contributed by atoms with Crippen LogP contribution in [0.5, 0.6) is 5.88 Å². The summed E-state index contributed by atoms with van der Waals surface area (Å²) < 4.78 is 45.5. The second-order valence-electron chi connectivity index (χ2n) is 15.4. The van der Waals surface area contributed by atoms with Gasteiger partial charge in [-0.15, -0.1) is 0 Å². The molecule has 1 fully saturated rings. The van der Waals surface area contributed by atoms with Crippen LogP contribution in [0.1, 0.15) is 92.8 Å². The van der Waals surface area contributed by atoms with Crippen LogP contribution < -0.4 is 9.46 Å². The number of anilines is 1. The summed E-state index contributed by atoms with van der Waals surface area (Å²) >= 11 is 0. The average molecular weight is 738 g/mol. The van der Waals surface area contributed by atoms with Crippen LogP contribution in [0, 0.1) is 13.8 Å². The van der Waals surface area contributed by atoms with Gasteiger partial charge in [0.05, 0.1) is 46.8 Å². The van der Waals surface area contributed by atoms with Gasteiger partial charge in [0.15, 0.2) is 5.65 Å². The van der Waals surface area contributed by atoms with Crippen molar-refractivity contribution in [1.29, 1.82) is 0 Å². The zero-order chi connectivity index (χ0) is 37.8. The number of nitrogens with zero attached hydrogens (tertiary/aromatic N) is 6. The van der Waals surface area contributed by atoms with Crippen molar-refractivity contribution in [2.75, 3.05) is 11.3 Å². The lowest BCUT2D eigenvalue weighted by Crippen LogP contribution is -2.52. The van der Waals surface area contributed by atoms with E-state index >= 15 is 4.79 Å². The lowest BCUT2D eigenvalue weighted by molar-refractivity contribution is -0.0544. The molecule has 2 aliphatic rings. The average Bonchev–Trinajstić information content (AvgIpc) is 3.33. The maximum absolute atomic E-state index is 15.0.